The second kappa shape index (κ2) is 6.35. The summed E-state index contributed by atoms with van der Waals surface area (Å²) in [5, 5.41) is 6.11. The zero-order valence-electron chi connectivity index (χ0n) is 10.4. The van der Waals surface area contributed by atoms with Crippen LogP contribution in [0.2, 0.25) is 0 Å². The van der Waals surface area contributed by atoms with Crippen molar-refractivity contribution < 1.29 is 4.79 Å². The van der Waals surface area contributed by atoms with E-state index >= 15 is 0 Å². The first kappa shape index (κ1) is 13.6. The quantitative estimate of drug-likeness (QED) is 0.809. The first-order chi connectivity index (χ1) is 8.04. The van der Waals surface area contributed by atoms with Crippen molar-refractivity contribution in [3.8, 4) is 0 Å². The monoisotopic (exact) mass is 250 g/mol. The average molecular weight is 250 g/mol. The van der Waals surface area contributed by atoms with Crippen LogP contribution in [0, 0.1) is 6.92 Å². The Labute approximate surface area is 108 Å². The van der Waals surface area contributed by atoms with Crippen LogP contribution in [0.25, 0.3) is 0 Å². The van der Waals surface area contributed by atoms with Crippen LogP contribution in [0.3, 0.4) is 0 Å². The molecule has 0 aromatic heterocycles. The van der Waals surface area contributed by atoms with E-state index in [1.54, 1.807) is 6.07 Å². The van der Waals surface area contributed by atoms with Crippen molar-refractivity contribution in [2.75, 3.05) is 0 Å². The maximum Gasteiger partial charge on any atom is 0.257 e. The Bertz CT molecular complexity index is 418. The molecule has 0 aliphatic carbocycles. The van der Waals surface area contributed by atoms with E-state index in [2.05, 4.69) is 17.6 Å². The van der Waals surface area contributed by atoms with E-state index in [1.165, 1.54) is 0 Å². The smallest absolute Gasteiger partial charge is 0.257 e. The zero-order valence-corrected chi connectivity index (χ0v) is 11.2. The summed E-state index contributed by atoms with van der Waals surface area (Å²) >= 11 is 5.07. The van der Waals surface area contributed by atoms with Gasteiger partial charge in [0.25, 0.3) is 5.91 Å². The Hall–Kier alpha value is -1.42. The van der Waals surface area contributed by atoms with Gasteiger partial charge in [0, 0.05) is 11.6 Å². The minimum Gasteiger partial charge on any atom is -0.360 e. The number of rotatable bonds is 3. The fraction of sp³-hybridized carbons (Fsp3) is 0.385. The molecule has 0 spiro atoms. The van der Waals surface area contributed by atoms with Crippen molar-refractivity contribution in [3.05, 3.63) is 35.4 Å². The Kier molecular flexibility index (Phi) is 5.10. The van der Waals surface area contributed by atoms with Gasteiger partial charge in [-0.05, 0) is 44.1 Å². The lowest BCUT2D eigenvalue weighted by atomic mass is 10.1. The number of carbonyl (C=O) groups is 1. The maximum absolute atomic E-state index is 11.9. The van der Waals surface area contributed by atoms with Gasteiger partial charge in [-0.25, -0.2) is 0 Å². The molecule has 1 rings (SSSR count). The molecule has 3 nitrogen and oxygen atoms in total. The topological polar surface area (TPSA) is 41.1 Å². The highest BCUT2D eigenvalue weighted by atomic mass is 32.1. The highest BCUT2D eigenvalue weighted by Crippen LogP contribution is 2.06. The summed E-state index contributed by atoms with van der Waals surface area (Å²) in [6.07, 6.45) is 0.959. The lowest BCUT2D eigenvalue weighted by Crippen LogP contribution is -2.43. The van der Waals surface area contributed by atoms with Crippen LogP contribution in [0.1, 0.15) is 36.2 Å². The number of aryl methyl sites for hydroxylation is 1. The van der Waals surface area contributed by atoms with E-state index in [0.29, 0.717) is 10.7 Å². The van der Waals surface area contributed by atoms with Gasteiger partial charge in [0.05, 0.1) is 0 Å². The minimum absolute atomic E-state index is 0.163. The number of amides is 1. The number of hydrogen-bond donors (Lipinski definition) is 2. The third-order valence-electron chi connectivity index (χ3n) is 2.61. The molecule has 2 N–H and O–H groups in total. The summed E-state index contributed by atoms with van der Waals surface area (Å²) < 4.78 is 0. The van der Waals surface area contributed by atoms with Crippen molar-refractivity contribution >= 4 is 23.2 Å². The molecule has 0 bridgehead atoms. The molecule has 0 aliphatic rings. The zero-order chi connectivity index (χ0) is 12.8. The normalized spacial score (nSPS) is 11.7. The molecule has 0 saturated heterocycles. The summed E-state index contributed by atoms with van der Waals surface area (Å²) in [7, 11) is 0. The fourth-order valence-corrected chi connectivity index (χ4v) is 1.65. The van der Waals surface area contributed by atoms with E-state index in [0.717, 1.165) is 12.0 Å². The predicted molar refractivity (Wildman–Crippen MR) is 74.1 cm³/mol. The molecule has 4 heteroatoms. The number of hydrogen-bond acceptors (Lipinski definition) is 2. The van der Waals surface area contributed by atoms with E-state index in [1.807, 2.05) is 32.0 Å². The molecular weight excluding hydrogens is 232 g/mol. The second-order valence-electron chi connectivity index (χ2n) is 4.05. The Morgan fingerprint density at radius 1 is 1.41 bits per heavy atom. The number of carbonyl (C=O) groups excluding carboxylic acids is 1. The molecule has 1 amide bonds. The number of thiocarbonyl (C=S) groups is 1. The molecule has 0 fully saturated rings. The Morgan fingerprint density at radius 3 is 2.65 bits per heavy atom. The van der Waals surface area contributed by atoms with Crippen molar-refractivity contribution in [1.29, 1.82) is 0 Å². The van der Waals surface area contributed by atoms with E-state index in [-0.39, 0.29) is 11.9 Å². The summed E-state index contributed by atoms with van der Waals surface area (Å²) in [6, 6.07) is 7.70. The van der Waals surface area contributed by atoms with Crippen LogP contribution < -0.4 is 10.6 Å². The molecule has 0 aliphatic heterocycles. The van der Waals surface area contributed by atoms with Gasteiger partial charge < -0.3 is 5.32 Å². The highest BCUT2D eigenvalue weighted by molar-refractivity contribution is 7.80. The van der Waals surface area contributed by atoms with Crippen LogP contribution in [-0.4, -0.2) is 17.1 Å². The minimum atomic E-state index is -0.163. The Morgan fingerprint density at radius 2 is 2.06 bits per heavy atom. The first-order valence-electron chi connectivity index (χ1n) is 5.72. The number of nitrogens with one attached hydrogen (secondary N) is 2. The van der Waals surface area contributed by atoms with Crippen LogP contribution in [-0.2, 0) is 0 Å². The lowest BCUT2D eigenvalue weighted by molar-refractivity contribution is 0.0976. The molecule has 0 heterocycles. The van der Waals surface area contributed by atoms with Gasteiger partial charge in [0.1, 0.15) is 0 Å². The molecular formula is C13H18N2OS. The molecule has 0 saturated carbocycles. The van der Waals surface area contributed by atoms with E-state index in [9.17, 15) is 4.79 Å². The van der Waals surface area contributed by atoms with Gasteiger partial charge in [0.2, 0.25) is 0 Å². The third kappa shape index (κ3) is 4.15. The first-order valence-corrected chi connectivity index (χ1v) is 6.13. The summed E-state index contributed by atoms with van der Waals surface area (Å²) in [5.41, 5.74) is 1.59. The van der Waals surface area contributed by atoms with Gasteiger partial charge in [-0.1, -0.05) is 25.1 Å². The maximum atomic E-state index is 11.9. The molecule has 92 valence electrons. The molecule has 0 radical (unpaired) electrons. The average Bonchev–Trinajstić information content (AvgIpc) is 2.29. The van der Waals surface area contributed by atoms with Gasteiger partial charge in [0.15, 0.2) is 5.11 Å². The SMILES string of the molecule is CCC(C)NC(=S)NC(=O)c1ccccc1C. The van der Waals surface area contributed by atoms with Gasteiger partial charge >= 0.3 is 0 Å². The fourth-order valence-electron chi connectivity index (χ4n) is 1.36. The largest absolute Gasteiger partial charge is 0.360 e. The van der Waals surface area contributed by atoms with Gasteiger partial charge in [-0.15, -0.1) is 0 Å². The van der Waals surface area contributed by atoms with Crippen LogP contribution >= 0.6 is 12.2 Å². The van der Waals surface area contributed by atoms with Crippen molar-refractivity contribution in [2.45, 2.75) is 33.2 Å². The second-order valence-corrected chi connectivity index (χ2v) is 4.46. The Balaban J connectivity index is 2.61. The molecule has 1 atom stereocenters. The van der Waals surface area contributed by atoms with Crippen LogP contribution in [0.5, 0.6) is 0 Å². The van der Waals surface area contributed by atoms with E-state index in [4.69, 9.17) is 12.2 Å². The lowest BCUT2D eigenvalue weighted by Gasteiger charge is -2.14. The highest BCUT2D eigenvalue weighted by Gasteiger charge is 2.10. The predicted octanol–water partition coefficient (Wildman–Crippen LogP) is 2.40. The number of benzene rings is 1. The molecule has 1 unspecified atom stereocenters. The van der Waals surface area contributed by atoms with Crippen molar-refractivity contribution in [2.24, 2.45) is 0 Å². The van der Waals surface area contributed by atoms with Gasteiger partial charge in [-0.2, -0.15) is 0 Å². The molecule has 1 aromatic carbocycles. The molecule has 17 heavy (non-hydrogen) atoms. The van der Waals surface area contributed by atoms with E-state index < -0.39 is 0 Å². The molecule has 1 aromatic rings. The third-order valence-corrected chi connectivity index (χ3v) is 2.83. The standard InChI is InChI=1S/C13H18N2OS/c1-4-10(3)14-13(17)15-12(16)11-8-6-5-7-9(11)2/h5-8,10H,4H2,1-3H3,(H2,14,15,16,17). The summed E-state index contributed by atoms with van der Waals surface area (Å²) in [6.45, 7) is 5.98. The van der Waals surface area contributed by atoms with Crippen molar-refractivity contribution in [3.63, 3.8) is 0 Å². The van der Waals surface area contributed by atoms with Crippen LogP contribution in [0.15, 0.2) is 24.3 Å². The summed E-state index contributed by atoms with van der Waals surface area (Å²) in [4.78, 5) is 11.9. The van der Waals surface area contributed by atoms with Crippen molar-refractivity contribution in [1.82, 2.24) is 10.6 Å². The summed E-state index contributed by atoms with van der Waals surface area (Å²) in [5.74, 6) is -0.163. The van der Waals surface area contributed by atoms with Gasteiger partial charge in [-0.3, -0.25) is 10.1 Å². The van der Waals surface area contributed by atoms with Crippen LogP contribution in [0.4, 0.5) is 0 Å².